The molecule has 0 aromatic rings. The van der Waals surface area contributed by atoms with Crippen LogP contribution in [-0.2, 0) is 4.74 Å². The third kappa shape index (κ3) is 3.09. The van der Waals surface area contributed by atoms with Gasteiger partial charge in [-0.2, -0.15) is 0 Å². The molecule has 0 saturated heterocycles. The molecule has 2 unspecified atom stereocenters. The number of nitrogens with two attached hydrogens (primary N) is 1. The molecule has 2 atom stereocenters. The van der Waals surface area contributed by atoms with Crippen molar-refractivity contribution in [1.82, 2.24) is 4.90 Å². The highest BCUT2D eigenvalue weighted by Crippen LogP contribution is 2.34. The SMILES string of the molecule is CC(C)(C)OC(=O)N1CCCC2=C1C(O)CCC2N. The predicted molar refractivity (Wildman–Crippen MR) is 72.4 cm³/mol. The molecule has 1 aliphatic carbocycles. The highest BCUT2D eigenvalue weighted by atomic mass is 16.6. The molecule has 108 valence electrons. The summed E-state index contributed by atoms with van der Waals surface area (Å²) in [5.41, 5.74) is 7.28. The minimum Gasteiger partial charge on any atom is -0.443 e. The summed E-state index contributed by atoms with van der Waals surface area (Å²) in [4.78, 5) is 13.8. The van der Waals surface area contributed by atoms with Crippen molar-refractivity contribution in [1.29, 1.82) is 0 Å². The van der Waals surface area contributed by atoms with Crippen LogP contribution in [0.1, 0.15) is 46.5 Å². The smallest absolute Gasteiger partial charge is 0.414 e. The molecule has 0 radical (unpaired) electrons. The summed E-state index contributed by atoms with van der Waals surface area (Å²) in [6.07, 6.45) is 2.16. The van der Waals surface area contributed by atoms with Crippen molar-refractivity contribution < 1.29 is 14.6 Å². The molecule has 2 rings (SSSR count). The lowest BCUT2D eigenvalue weighted by atomic mass is 9.84. The topological polar surface area (TPSA) is 75.8 Å². The standard InChI is InChI=1S/C14H24N2O3/c1-14(2,3)19-13(18)16-8-4-5-9-10(15)6-7-11(17)12(9)16/h10-11,17H,4-8,15H2,1-3H3. The minimum absolute atomic E-state index is 0.0383. The van der Waals surface area contributed by atoms with Gasteiger partial charge in [-0.3, -0.25) is 4.90 Å². The van der Waals surface area contributed by atoms with Gasteiger partial charge in [0.2, 0.25) is 0 Å². The highest BCUT2D eigenvalue weighted by molar-refractivity contribution is 5.71. The van der Waals surface area contributed by atoms with Crippen LogP contribution in [0.25, 0.3) is 0 Å². The Bertz CT molecular complexity index is 398. The van der Waals surface area contributed by atoms with E-state index in [9.17, 15) is 9.90 Å². The van der Waals surface area contributed by atoms with Crippen LogP contribution in [0.4, 0.5) is 4.79 Å². The monoisotopic (exact) mass is 268 g/mol. The van der Waals surface area contributed by atoms with E-state index in [-0.39, 0.29) is 12.1 Å². The van der Waals surface area contributed by atoms with Gasteiger partial charge in [0.05, 0.1) is 11.8 Å². The van der Waals surface area contributed by atoms with E-state index in [1.165, 1.54) is 0 Å². The van der Waals surface area contributed by atoms with E-state index in [1.807, 2.05) is 20.8 Å². The van der Waals surface area contributed by atoms with Crippen molar-refractivity contribution in [2.75, 3.05) is 6.54 Å². The van der Waals surface area contributed by atoms with Crippen molar-refractivity contribution in [3.8, 4) is 0 Å². The first-order chi connectivity index (χ1) is 8.79. The molecule has 0 fully saturated rings. The molecular formula is C14H24N2O3. The van der Waals surface area contributed by atoms with Gasteiger partial charge in [0, 0.05) is 12.6 Å². The van der Waals surface area contributed by atoms with E-state index in [1.54, 1.807) is 4.90 Å². The lowest BCUT2D eigenvalue weighted by molar-refractivity contribution is 0.0216. The van der Waals surface area contributed by atoms with Crippen molar-refractivity contribution >= 4 is 6.09 Å². The number of carbonyl (C=O) groups excluding carboxylic acids is 1. The number of ether oxygens (including phenoxy) is 1. The Balaban J connectivity index is 2.25. The summed E-state index contributed by atoms with van der Waals surface area (Å²) in [7, 11) is 0. The minimum atomic E-state index is -0.595. The number of aliphatic hydroxyl groups is 1. The molecule has 5 nitrogen and oxygen atoms in total. The molecule has 1 amide bonds. The number of amides is 1. The second kappa shape index (κ2) is 5.13. The van der Waals surface area contributed by atoms with Crippen LogP contribution in [0, 0.1) is 0 Å². The Labute approximate surface area is 114 Å². The van der Waals surface area contributed by atoms with E-state index in [2.05, 4.69) is 0 Å². The van der Waals surface area contributed by atoms with Crippen molar-refractivity contribution in [3.05, 3.63) is 11.3 Å². The van der Waals surface area contributed by atoms with E-state index in [4.69, 9.17) is 10.5 Å². The quantitative estimate of drug-likeness (QED) is 0.702. The molecule has 0 saturated carbocycles. The molecular weight excluding hydrogens is 244 g/mol. The summed E-state index contributed by atoms with van der Waals surface area (Å²) >= 11 is 0. The van der Waals surface area contributed by atoms with Crippen molar-refractivity contribution in [2.24, 2.45) is 5.73 Å². The van der Waals surface area contributed by atoms with Crippen LogP contribution < -0.4 is 5.73 Å². The molecule has 0 bridgehead atoms. The van der Waals surface area contributed by atoms with Crippen LogP contribution in [0.3, 0.4) is 0 Å². The maximum atomic E-state index is 12.2. The van der Waals surface area contributed by atoms with Crippen LogP contribution in [0.5, 0.6) is 0 Å². The van der Waals surface area contributed by atoms with E-state index >= 15 is 0 Å². The second-order valence-corrected chi connectivity index (χ2v) is 6.35. The van der Waals surface area contributed by atoms with Gasteiger partial charge in [-0.25, -0.2) is 4.79 Å². The number of nitrogens with zero attached hydrogens (tertiary/aromatic N) is 1. The average molecular weight is 268 g/mol. The summed E-state index contributed by atoms with van der Waals surface area (Å²) in [5.74, 6) is 0. The van der Waals surface area contributed by atoms with Gasteiger partial charge in [-0.1, -0.05) is 0 Å². The van der Waals surface area contributed by atoms with Gasteiger partial charge >= 0.3 is 6.09 Å². The van der Waals surface area contributed by atoms with Gasteiger partial charge in [0.25, 0.3) is 0 Å². The molecule has 19 heavy (non-hydrogen) atoms. The Morgan fingerprint density at radius 2 is 2.11 bits per heavy atom. The van der Waals surface area contributed by atoms with Crippen LogP contribution >= 0.6 is 0 Å². The fraction of sp³-hybridized carbons (Fsp3) is 0.786. The van der Waals surface area contributed by atoms with Crippen LogP contribution in [0.15, 0.2) is 11.3 Å². The van der Waals surface area contributed by atoms with Gasteiger partial charge in [0.1, 0.15) is 5.60 Å². The molecule has 0 aromatic carbocycles. The second-order valence-electron chi connectivity index (χ2n) is 6.35. The van der Waals surface area contributed by atoms with E-state index < -0.39 is 11.7 Å². The number of aliphatic hydroxyl groups excluding tert-OH is 1. The zero-order chi connectivity index (χ0) is 14.2. The first kappa shape index (κ1) is 14.3. The molecule has 3 N–H and O–H groups in total. The summed E-state index contributed by atoms with van der Waals surface area (Å²) in [5, 5.41) is 10.2. The first-order valence-corrected chi connectivity index (χ1v) is 6.96. The van der Waals surface area contributed by atoms with E-state index in [0.717, 1.165) is 24.8 Å². The number of rotatable bonds is 0. The third-order valence-corrected chi connectivity index (χ3v) is 3.58. The molecule has 5 heteroatoms. The molecule has 2 aliphatic rings. The number of hydrogen-bond acceptors (Lipinski definition) is 4. The summed E-state index contributed by atoms with van der Waals surface area (Å²) < 4.78 is 5.41. The lowest BCUT2D eigenvalue weighted by Gasteiger charge is -2.40. The zero-order valence-electron chi connectivity index (χ0n) is 12.0. The predicted octanol–water partition coefficient (Wildman–Crippen LogP) is 1.75. The lowest BCUT2D eigenvalue weighted by Crippen LogP contribution is -2.47. The Kier molecular flexibility index (Phi) is 3.87. The average Bonchev–Trinajstić information content (AvgIpc) is 2.31. The summed E-state index contributed by atoms with van der Waals surface area (Å²) in [6.45, 7) is 6.12. The molecule has 0 spiro atoms. The van der Waals surface area contributed by atoms with Gasteiger partial charge in [0.15, 0.2) is 0 Å². The molecule has 1 aliphatic heterocycles. The van der Waals surface area contributed by atoms with Crippen LogP contribution in [-0.4, -0.2) is 40.4 Å². The third-order valence-electron chi connectivity index (χ3n) is 3.58. The Morgan fingerprint density at radius 3 is 2.74 bits per heavy atom. The Hall–Kier alpha value is -1.07. The number of hydrogen-bond donors (Lipinski definition) is 2. The summed E-state index contributed by atoms with van der Waals surface area (Å²) in [6, 6.07) is -0.0383. The van der Waals surface area contributed by atoms with Gasteiger partial charge in [-0.05, 0) is 52.0 Å². The zero-order valence-corrected chi connectivity index (χ0v) is 12.0. The van der Waals surface area contributed by atoms with Crippen molar-refractivity contribution in [3.63, 3.8) is 0 Å². The van der Waals surface area contributed by atoms with Gasteiger partial charge in [-0.15, -0.1) is 0 Å². The molecule has 1 heterocycles. The fourth-order valence-corrected chi connectivity index (χ4v) is 2.77. The first-order valence-electron chi connectivity index (χ1n) is 6.96. The fourth-order valence-electron chi connectivity index (χ4n) is 2.77. The normalized spacial score (nSPS) is 28.2. The highest BCUT2D eigenvalue weighted by Gasteiger charge is 2.36. The van der Waals surface area contributed by atoms with Crippen LogP contribution in [0.2, 0.25) is 0 Å². The van der Waals surface area contributed by atoms with Gasteiger partial charge < -0.3 is 15.6 Å². The Morgan fingerprint density at radius 1 is 1.42 bits per heavy atom. The molecule has 0 aromatic heterocycles. The maximum Gasteiger partial charge on any atom is 0.414 e. The maximum absolute atomic E-state index is 12.2. The van der Waals surface area contributed by atoms with E-state index in [0.29, 0.717) is 18.7 Å². The number of carbonyl (C=O) groups is 1. The van der Waals surface area contributed by atoms with Crippen molar-refractivity contribution in [2.45, 2.75) is 64.2 Å². The largest absolute Gasteiger partial charge is 0.443 e.